The zero-order valence-corrected chi connectivity index (χ0v) is 15.7. The van der Waals surface area contributed by atoms with E-state index in [9.17, 15) is 4.79 Å². The largest absolute Gasteiger partial charge is 0.495 e. The van der Waals surface area contributed by atoms with E-state index in [0.717, 1.165) is 5.69 Å². The molecule has 0 radical (unpaired) electrons. The fourth-order valence-corrected chi connectivity index (χ4v) is 3.19. The normalized spacial score (nSPS) is 11.8. The van der Waals surface area contributed by atoms with Gasteiger partial charge in [0, 0.05) is 5.02 Å². The van der Waals surface area contributed by atoms with Crippen LogP contribution in [-0.2, 0) is 4.79 Å². The van der Waals surface area contributed by atoms with Gasteiger partial charge in [-0.25, -0.2) is 0 Å². The molecule has 0 aliphatic rings. The average molecular weight is 390 g/mol. The van der Waals surface area contributed by atoms with E-state index >= 15 is 0 Å². The molecule has 0 aliphatic carbocycles. The quantitative estimate of drug-likeness (QED) is 0.650. The summed E-state index contributed by atoms with van der Waals surface area (Å²) in [5, 5.41) is 15.1. The van der Waals surface area contributed by atoms with E-state index in [-0.39, 0.29) is 5.91 Å². The van der Waals surface area contributed by atoms with Crippen LogP contribution in [0.4, 0.5) is 5.69 Å². The van der Waals surface area contributed by atoms with Crippen LogP contribution in [0.25, 0.3) is 5.69 Å². The number of carbonyl (C=O) groups is 1. The van der Waals surface area contributed by atoms with Gasteiger partial charge in [0.25, 0.3) is 0 Å². The van der Waals surface area contributed by atoms with Crippen LogP contribution in [0.1, 0.15) is 6.92 Å². The van der Waals surface area contributed by atoms with Crippen molar-refractivity contribution in [3.05, 3.63) is 53.6 Å². The van der Waals surface area contributed by atoms with Gasteiger partial charge >= 0.3 is 0 Å². The number of benzene rings is 2. The molecule has 3 aromatic rings. The Morgan fingerprint density at radius 1 is 1.27 bits per heavy atom. The Bertz CT molecular complexity index is 903. The number of hydrogen-bond donors (Lipinski definition) is 1. The van der Waals surface area contributed by atoms with Gasteiger partial charge in [0.15, 0.2) is 0 Å². The Morgan fingerprint density at radius 2 is 2.04 bits per heavy atom. The van der Waals surface area contributed by atoms with Crippen molar-refractivity contribution in [3.8, 4) is 11.4 Å². The molecule has 3 rings (SSSR count). The van der Waals surface area contributed by atoms with E-state index in [1.165, 1.54) is 18.9 Å². The van der Waals surface area contributed by atoms with Crippen molar-refractivity contribution >= 4 is 35.0 Å². The molecule has 0 unspecified atom stereocenters. The number of methoxy groups -OCH3 is 1. The summed E-state index contributed by atoms with van der Waals surface area (Å²) in [6.45, 7) is 1.78. The highest BCUT2D eigenvalue weighted by Gasteiger charge is 2.20. The standard InChI is InChI=1S/C17H16ClN5O2S/c1-11(16(24)19-14-10-12(18)8-9-15(14)25-2)26-17-20-21-22-23(17)13-6-4-3-5-7-13/h3-11H,1-2H3,(H,19,24)/t11-/m1/s1. The molecule has 1 aromatic heterocycles. The molecule has 0 saturated carbocycles. The topological polar surface area (TPSA) is 81.9 Å². The highest BCUT2D eigenvalue weighted by atomic mass is 35.5. The summed E-state index contributed by atoms with van der Waals surface area (Å²) in [5.74, 6) is 0.326. The lowest BCUT2D eigenvalue weighted by Crippen LogP contribution is -2.23. The van der Waals surface area contributed by atoms with Crippen LogP contribution in [-0.4, -0.2) is 38.5 Å². The first kappa shape index (κ1) is 18.2. The Kier molecular flexibility index (Phi) is 5.75. The smallest absolute Gasteiger partial charge is 0.237 e. The molecule has 1 N–H and O–H groups in total. The van der Waals surface area contributed by atoms with Gasteiger partial charge in [-0.05, 0) is 47.7 Å². The first-order valence-electron chi connectivity index (χ1n) is 7.73. The zero-order chi connectivity index (χ0) is 18.5. The summed E-state index contributed by atoms with van der Waals surface area (Å²) in [4.78, 5) is 12.6. The molecule has 1 atom stereocenters. The van der Waals surface area contributed by atoms with Crippen LogP contribution in [0.2, 0.25) is 5.02 Å². The molecule has 0 bridgehead atoms. The third kappa shape index (κ3) is 4.14. The number of hydrogen-bond acceptors (Lipinski definition) is 6. The Morgan fingerprint density at radius 3 is 2.77 bits per heavy atom. The van der Waals surface area contributed by atoms with Gasteiger partial charge in [-0.3, -0.25) is 4.79 Å². The van der Waals surface area contributed by atoms with Crippen LogP contribution in [0.3, 0.4) is 0 Å². The summed E-state index contributed by atoms with van der Waals surface area (Å²) in [5.41, 5.74) is 1.34. The number of tetrazole rings is 1. The van der Waals surface area contributed by atoms with E-state index in [0.29, 0.717) is 21.6 Å². The predicted molar refractivity (Wildman–Crippen MR) is 101 cm³/mol. The van der Waals surface area contributed by atoms with Gasteiger partial charge in [-0.2, -0.15) is 4.68 Å². The van der Waals surface area contributed by atoms with E-state index in [4.69, 9.17) is 16.3 Å². The Hall–Kier alpha value is -2.58. The molecule has 9 heteroatoms. The van der Waals surface area contributed by atoms with Gasteiger partial charge in [0.1, 0.15) is 5.75 Å². The Labute approximate surface area is 159 Å². The number of carbonyl (C=O) groups excluding carboxylic acids is 1. The minimum absolute atomic E-state index is 0.210. The molecule has 26 heavy (non-hydrogen) atoms. The minimum atomic E-state index is -0.438. The van der Waals surface area contributed by atoms with Crippen molar-refractivity contribution in [1.29, 1.82) is 0 Å². The molecular formula is C17H16ClN5O2S. The van der Waals surface area contributed by atoms with Gasteiger partial charge in [-0.1, -0.05) is 41.6 Å². The maximum atomic E-state index is 12.6. The molecule has 7 nitrogen and oxygen atoms in total. The number of halogens is 1. The van der Waals surface area contributed by atoms with Crippen molar-refractivity contribution in [3.63, 3.8) is 0 Å². The third-order valence-electron chi connectivity index (χ3n) is 3.51. The number of amides is 1. The molecule has 0 spiro atoms. The molecule has 1 amide bonds. The fourth-order valence-electron chi connectivity index (χ4n) is 2.21. The predicted octanol–water partition coefficient (Wildman–Crippen LogP) is 3.44. The number of aromatic nitrogens is 4. The number of rotatable bonds is 6. The molecular weight excluding hydrogens is 374 g/mol. The van der Waals surface area contributed by atoms with Crippen molar-refractivity contribution in [1.82, 2.24) is 20.2 Å². The van der Waals surface area contributed by atoms with E-state index in [1.54, 1.807) is 29.8 Å². The number of nitrogens with one attached hydrogen (secondary N) is 1. The summed E-state index contributed by atoms with van der Waals surface area (Å²) in [6.07, 6.45) is 0. The first-order chi connectivity index (χ1) is 12.6. The summed E-state index contributed by atoms with van der Waals surface area (Å²) in [6, 6.07) is 14.5. The first-order valence-corrected chi connectivity index (χ1v) is 8.99. The second kappa shape index (κ2) is 8.20. The van der Waals surface area contributed by atoms with Crippen LogP contribution in [0.15, 0.2) is 53.7 Å². The number of ether oxygens (including phenoxy) is 1. The molecule has 0 aliphatic heterocycles. The van der Waals surface area contributed by atoms with Crippen LogP contribution in [0, 0.1) is 0 Å². The molecule has 0 fully saturated rings. The van der Waals surface area contributed by atoms with Crippen molar-refractivity contribution in [2.45, 2.75) is 17.3 Å². The zero-order valence-electron chi connectivity index (χ0n) is 14.1. The lowest BCUT2D eigenvalue weighted by Gasteiger charge is -2.14. The van der Waals surface area contributed by atoms with Crippen molar-refractivity contribution in [2.24, 2.45) is 0 Å². The van der Waals surface area contributed by atoms with Gasteiger partial charge in [0.05, 0.1) is 23.7 Å². The van der Waals surface area contributed by atoms with Gasteiger partial charge < -0.3 is 10.1 Å². The lowest BCUT2D eigenvalue weighted by atomic mass is 10.3. The van der Waals surface area contributed by atoms with Crippen molar-refractivity contribution in [2.75, 3.05) is 12.4 Å². The second-order valence-electron chi connectivity index (χ2n) is 5.30. The monoisotopic (exact) mass is 389 g/mol. The number of anilines is 1. The Balaban J connectivity index is 1.73. The van der Waals surface area contributed by atoms with Crippen LogP contribution < -0.4 is 10.1 Å². The number of nitrogens with zero attached hydrogens (tertiary/aromatic N) is 4. The van der Waals surface area contributed by atoms with Crippen LogP contribution in [0.5, 0.6) is 5.75 Å². The van der Waals surface area contributed by atoms with E-state index in [1.807, 2.05) is 30.3 Å². The summed E-state index contributed by atoms with van der Waals surface area (Å²) in [7, 11) is 1.53. The minimum Gasteiger partial charge on any atom is -0.495 e. The molecule has 1 heterocycles. The van der Waals surface area contributed by atoms with Crippen LogP contribution >= 0.6 is 23.4 Å². The van der Waals surface area contributed by atoms with Crippen molar-refractivity contribution < 1.29 is 9.53 Å². The maximum absolute atomic E-state index is 12.6. The molecule has 0 saturated heterocycles. The van der Waals surface area contributed by atoms with E-state index in [2.05, 4.69) is 20.8 Å². The third-order valence-corrected chi connectivity index (χ3v) is 4.78. The summed E-state index contributed by atoms with van der Waals surface area (Å²) >= 11 is 7.26. The molecule has 134 valence electrons. The fraction of sp³-hybridized carbons (Fsp3) is 0.176. The lowest BCUT2D eigenvalue weighted by molar-refractivity contribution is -0.115. The summed E-state index contributed by atoms with van der Waals surface area (Å²) < 4.78 is 6.84. The number of para-hydroxylation sites is 1. The maximum Gasteiger partial charge on any atom is 0.237 e. The SMILES string of the molecule is COc1ccc(Cl)cc1NC(=O)[C@@H](C)Sc1nnnn1-c1ccccc1. The average Bonchev–Trinajstić information content (AvgIpc) is 3.10. The highest BCUT2D eigenvalue weighted by molar-refractivity contribution is 8.00. The van der Waals surface area contributed by atoms with Gasteiger partial charge in [0.2, 0.25) is 11.1 Å². The number of thioether (sulfide) groups is 1. The van der Waals surface area contributed by atoms with Gasteiger partial charge in [-0.15, -0.1) is 5.10 Å². The van der Waals surface area contributed by atoms with E-state index < -0.39 is 5.25 Å². The highest BCUT2D eigenvalue weighted by Crippen LogP contribution is 2.29. The molecule has 2 aromatic carbocycles. The second-order valence-corrected chi connectivity index (χ2v) is 7.05.